The zero-order valence-electron chi connectivity index (χ0n) is 17.0. The number of H-pyrrole nitrogens is 1. The van der Waals surface area contributed by atoms with Gasteiger partial charge in [0, 0.05) is 30.8 Å². The average Bonchev–Trinajstić information content (AvgIpc) is 3.33. The largest absolute Gasteiger partial charge is 0.497 e. The van der Waals surface area contributed by atoms with Crippen LogP contribution in [-0.2, 0) is 6.42 Å². The molecule has 1 N–H and O–H groups in total. The molecule has 1 aliphatic rings. The number of unbranched alkanes of at least 4 members (excludes halogenated alkanes) is 1. The number of tetrazole rings is 1. The Morgan fingerprint density at radius 1 is 1.17 bits per heavy atom. The lowest BCUT2D eigenvalue weighted by Gasteiger charge is -2.32. The molecule has 1 saturated heterocycles. The molecule has 8 nitrogen and oxygen atoms in total. The molecule has 0 amide bonds. The van der Waals surface area contributed by atoms with Crippen molar-refractivity contribution in [3.63, 3.8) is 0 Å². The number of benzene rings is 1. The minimum atomic E-state index is 0.339. The van der Waals surface area contributed by atoms with E-state index in [0.717, 1.165) is 79.5 Å². The third kappa shape index (κ3) is 4.36. The van der Waals surface area contributed by atoms with Crippen molar-refractivity contribution in [1.82, 2.24) is 30.6 Å². The zero-order chi connectivity index (χ0) is 20.1. The number of piperidine rings is 1. The van der Waals surface area contributed by atoms with Gasteiger partial charge in [-0.3, -0.25) is 4.98 Å². The predicted octanol–water partition coefficient (Wildman–Crippen LogP) is 3.39. The third-order valence-electron chi connectivity index (χ3n) is 5.48. The van der Waals surface area contributed by atoms with Crippen molar-refractivity contribution in [2.75, 3.05) is 25.1 Å². The van der Waals surface area contributed by atoms with Crippen LogP contribution in [-0.4, -0.2) is 50.8 Å². The lowest BCUT2D eigenvalue weighted by Crippen LogP contribution is -2.34. The Hall–Kier alpha value is -3.03. The van der Waals surface area contributed by atoms with Crippen molar-refractivity contribution in [2.24, 2.45) is 0 Å². The number of methoxy groups -OCH3 is 1. The number of ether oxygens (including phenoxy) is 1. The maximum atomic E-state index is 5.30. The fraction of sp³-hybridized carbons (Fsp3) is 0.476. The minimum absolute atomic E-state index is 0.339. The number of aromatic nitrogens is 6. The molecule has 29 heavy (non-hydrogen) atoms. The van der Waals surface area contributed by atoms with E-state index in [1.807, 2.05) is 30.5 Å². The molecule has 3 heterocycles. The van der Waals surface area contributed by atoms with Gasteiger partial charge in [0.25, 0.3) is 0 Å². The fourth-order valence-corrected chi connectivity index (χ4v) is 3.76. The summed E-state index contributed by atoms with van der Waals surface area (Å²) in [5.41, 5.74) is 3.03. The quantitative estimate of drug-likeness (QED) is 0.657. The first-order chi connectivity index (χ1) is 14.3. The Morgan fingerprint density at radius 3 is 2.62 bits per heavy atom. The van der Waals surface area contributed by atoms with E-state index in [4.69, 9.17) is 14.7 Å². The first-order valence-corrected chi connectivity index (χ1v) is 10.3. The molecule has 0 spiro atoms. The molecule has 3 aromatic rings. The number of anilines is 1. The molecule has 0 radical (unpaired) electrons. The molecular formula is C21H27N7O. The van der Waals surface area contributed by atoms with E-state index in [-0.39, 0.29) is 0 Å². The van der Waals surface area contributed by atoms with E-state index in [1.54, 1.807) is 7.11 Å². The highest BCUT2D eigenvalue weighted by atomic mass is 16.5. The fourth-order valence-electron chi connectivity index (χ4n) is 3.76. The number of aryl methyl sites for hydroxylation is 1. The maximum Gasteiger partial charge on any atom is 0.177 e. The van der Waals surface area contributed by atoms with Gasteiger partial charge in [-0.25, -0.2) is 4.98 Å². The van der Waals surface area contributed by atoms with Gasteiger partial charge in [0.1, 0.15) is 11.4 Å². The van der Waals surface area contributed by atoms with Gasteiger partial charge in [0.05, 0.1) is 12.8 Å². The van der Waals surface area contributed by atoms with Gasteiger partial charge in [0.15, 0.2) is 11.6 Å². The van der Waals surface area contributed by atoms with Crippen LogP contribution in [0.25, 0.3) is 11.3 Å². The molecule has 4 rings (SSSR count). The molecular weight excluding hydrogens is 366 g/mol. The molecule has 0 atom stereocenters. The van der Waals surface area contributed by atoms with E-state index in [9.17, 15) is 0 Å². The molecule has 1 aromatic carbocycles. The first-order valence-electron chi connectivity index (χ1n) is 10.3. The number of hydrogen-bond donors (Lipinski definition) is 1. The van der Waals surface area contributed by atoms with Gasteiger partial charge >= 0.3 is 0 Å². The second-order valence-corrected chi connectivity index (χ2v) is 7.40. The third-order valence-corrected chi connectivity index (χ3v) is 5.48. The second-order valence-electron chi connectivity index (χ2n) is 7.40. The number of nitrogens with zero attached hydrogens (tertiary/aromatic N) is 6. The summed E-state index contributed by atoms with van der Waals surface area (Å²) < 4.78 is 5.30. The normalized spacial score (nSPS) is 14.9. The highest BCUT2D eigenvalue weighted by Crippen LogP contribution is 2.33. The van der Waals surface area contributed by atoms with Crippen molar-refractivity contribution in [3.8, 4) is 17.0 Å². The first kappa shape index (κ1) is 19.3. The van der Waals surface area contributed by atoms with Crippen molar-refractivity contribution in [3.05, 3.63) is 42.0 Å². The number of hydrogen-bond acceptors (Lipinski definition) is 7. The van der Waals surface area contributed by atoms with Crippen LogP contribution in [0, 0.1) is 0 Å². The highest BCUT2D eigenvalue weighted by Gasteiger charge is 2.26. The summed E-state index contributed by atoms with van der Waals surface area (Å²) in [5, 5.41) is 14.6. The predicted molar refractivity (Wildman–Crippen MR) is 111 cm³/mol. The summed E-state index contributed by atoms with van der Waals surface area (Å²) in [4.78, 5) is 12.2. The van der Waals surface area contributed by atoms with Gasteiger partial charge in [-0.15, -0.1) is 10.2 Å². The molecule has 1 fully saturated rings. The van der Waals surface area contributed by atoms with E-state index in [2.05, 4.69) is 32.4 Å². The van der Waals surface area contributed by atoms with E-state index in [0.29, 0.717) is 5.92 Å². The monoisotopic (exact) mass is 393 g/mol. The van der Waals surface area contributed by atoms with Crippen molar-refractivity contribution in [2.45, 2.75) is 44.9 Å². The Kier molecular flexibility index (Phi) is 5.97. The molecule has 152 valence electrons. The number of rotatable bonds is 7. The van der Waals surface area contributed by atoms with Crippen LogP contribution >= 0.6 is 0 Å². The van der Waals surface area contributed by atoms with Crippen LogP contribution in [0.4, 0.5) is 5.82 Å². The summed E-state index contributed by atoms with van der Waals surface area (Å²) in [7, 11) is 1.68. The molecule has 0 unspecified atom stereocenters. The van der Waals surface area contributed by atoms with Crippen LogP contribution in [0.2, 0.25) is 0 Å². The summed E-state index contributed by atoms with van der Waals surface area (Å²) in [6, 6.07) is 8.02. The summed E-state index contributed by atoms with van der Waals surface area (Å²) in [5.74, 6) is 2.95. The number of nitrogens with one attached hydrogen (secondary N) is 1. The summed E-state index contributed by atoms with van der Waals surface area (Å²) in [6.45, 7) is 3.99. The minimum Gasteiger partial charge on any atom is -0.497 e. The lowest BCUT2D eigenvalue weighted by atomic mass is 9.96. The molecule has 0 saturated carbocycles. The standard InChI is InChI=1S/C21H27N7O/c1-3-4-5-17-14-22-19(15-6-8-18(29-2)9-7-15)21(23-17)28-12-10-16(11-13-28)20-24-26-27-25-20/h6-9,14,16H,3-5,10-13H2,1-2H3,(H,24,25,26,27). The molecule has 2 aromatic heterocycles. The van der Waals surface area contributed by atoms with Crippen molar-refractivity contribution in [1.29, 1.82) is 0 Å². The molecule has 0 bridgehead atoms. The van der Waals surface area contributed by atoms with Gasteiger partial charge in [-0.05, 0) is 49.9 Å². The zero-order valence-corrected chi connectivity index (χ0v) is 17.0. The summed E-state index contributed by atoms with van der Waals surface area (Å²) >= 11 is 0. The molecule has 0 aliphatic carbocycles. The maximum absolute atomic E-state index is 5.30. The number of aromatic amines is 1. The van der Waals surface area contributed by atoms with E-state index >= 15 is 0 Å². The van der Waals surface area contributed by atoms with Crippen LogP contribution in [0.15, 0.2) is 30.5 Å². The second kappa shape index (κ2) is 8.98. The smallest absolute Gasteiger partial charge is 0.177 e. The molecule has 8 heteroatoms. The van der Waals surface area contributed by atoms with Crippen molar-refractivity contribution >= 4 is 5.82 Å². The molecule has 1 aliphatic heterocycles. The van der Waals surface area contributed by atoms with Gasteiger partial charge in [0.2, 0.25) is 0 Å². The Labute approximate surface area is 170 Å². The Morgan fingerprint density at radius 2 is 1.97 bits per heavy atom. The van der Waals surface area contributed by atoms with Crippen molar-refractivity contribution < 1.29 is 4.74 Å². The van der Waals surface area contributed by atoms with Crippen LogP contribution in [0.1, 0.15) is 50.0 Å². The SMILES string of the molecule is CCCCc1cnc(-c2ccc(OC)cc2)c(N2CCC(c3nn[nH]n3)CC2)n1. The highest BCUT2D eigenvalue weighted by molar-refractivity contribution is 5.72. The van der Waals surface area contributed by atoms with Crippen LogP contribution in [0.5, 0.6) is 5.75 Å². The van der Waals surface area contributed by atoms with Gasteiger partial charge in [-0.2, -0.15) is 5.21 Å². The lowest BCUT2D eigenvalue weighted by molar-refractivity contribution is 0.415. The van der Waals surface area contributed by atoms with Gasteiger partial charge in [-0.1, -0.05) is 18.6 Å². The van der Waals surface area contributed by atoms with Crippen LogP contribution in [0.3, 0.4) is 0 Å². The Bertz CT molecular complexity index is 903. The van der Waals surface area contributed by atoms with E-state index < -0.39 is 0 Å². The van der Waals surface area contributed by atoms with Crippen LogP contribution < -0.4 is 9.64 Å². The van der Waals surface area contributed by atoms with E-state index in [1.165, 1.54) is 0 Å². The topological polar surface area (TPSA) is 92.7 Å². The summed E-state index contributed by atoms with van der Waals surface area (Å²) in [6.07, 6.45) is 7.09. The average molecular weight is 393 g/mol. The Balaban J connectivity index is 1.60. The van der Waals surface area contributed by atoms with Gasteiger partial charge < -0.3 is 9.64 Å².